The van der Waals surface area contributed by atoms with Crippen LogP contribution in [-0.2, 0) is 0 Å². The summed E-state index contributed by atoms with van der Waals surface area (Å²) in [5.41, 5.74) is 4.03. The molecule has 5 rings (SSSR count). The molecule has 1 aliphatic rings. The topological polar surface area (TPSA) is 107 Å². The van der Waals surface area contributed by atoms with Crippen LogP contribution in [0, 0.1) is 5.82 Å². The van der Waals surface area contributed by atoms with Gasteiger partial charge in [-0.05, 0) is 37.0 Å². The molecule has 0 amide bonds. The van der Waals surface area contributed by atoms with E-state index < -0.39 is 5.82 Å². The lowest BCUT2D eigenvalue weighted by atomic mass is 10.0. The van der Waals surface area contributed by atoms with Crippen molar-refractivity contribution in [1.29, 1.82) is 0 Å². The first-order chi connectivity index (χ1) is 14.2. The second-order valence-electron chi connectivity index (χ2n) is 7.28. The Bertz CT molecular complexity index is 1150. The number of aromatic amines is 2. The Kier molecular flexibility index (Phi) is 4.34. The lowest BCUT2D eigenvalue weighted by Crippen LogP contribution is -2.13. The van der Waals surface area contributed by atoms with Crippen molar-refractivity contribution < 1.29 is 4.39 Å². The number of benzene rings is 1. The predicted octanol–water partition coefficient (Wildman–Crippen LogP) is 4.40. The maximum Gasteiger partial charge on any atom is 0.225 e. The zero-order chi connectivity index (χ0) is 19.8. The molecule has 0 spiro atoms. The Hall–Kier alpha value is -3.49. The van der Waals surface area contributed by atoms with Gasteiger partial charge in [0.2, 0.25) is 5.95 Å². The highest BCUT2D eigenvalue weighted by molar-refractivity contribution is 5.75. The van der Waals surface area contributed by atoms with Crippen LogP contribution in [-0.4, -0.2) is 30.1 Å². The molecule has 0 bridgehead atoms. The van der Waals surface area contributed by atoms with Gasteiger partial charge in [0.05, 0.1) is 29.6 Å². The molecule has 0 aliphatic heterocycles. The number of H-pyrrole nitrogens is 2. The molecule has 1 saturated carbocycles. The molecule has 1 atom stereocenters. The van der Waals surface area contributed by atoms with E-state index in [0.717, 1.165) is 34.9 Å². The zero-order valence-electron chi connectivity index (χ0n) is 15.9. The van der Waals surface area contributed by atoms with E-state index in [1.165, 1.54) is 12.8 Å². The molecule has 0 radical (unpaired) electrons. The first-order valence-electron chi connectivity index (χ1n) is 9.74. The number of imidazole rings is 1. The Balaban J connectivity index is 1.36. The summed E-state index contributed by atoms with van der Waals surface area (Å²) in [5.74, 6) is 1.01. The normalized spacial score (nSPS) is 14.8. The van der Waals surface area contributed by atoms with E-state index in [9.17, 15) is 4.39 Å². The van der Waals surface area contributed by atoms with Crippen LogP contribution in [0.1, 0.15) is 49.4 Å². The Labute approximate surface area is 166 Å². The van der Waals surface area contributed by atoms with E-state index in [2.05, 4.69) is 53.8 Å². The summed E-state index contributed by atoms with van der Waals surface area (Å²) >= 11 is 0. The molecule has 8 nitrogen and oxygen atoms in total. The van der Waals surface area contributed by atoms with Gasteiger partial charge < -0.3 is 15.6 Å². The summed E-state index contributed by atoms with van der Waals surface area (Å²) in [4.78, 5) is 15.8. The van der Waals surface area contributed by atoms with Crippen LogP contribution in [0.4, 0.5) is 22.0 Å². The van der Waals surface area contributed by atoms with Crippen molar-refractivity contribution in [3.05, 3.63) is 53.9 Å². The molecule has 4 aromatic rings. The lowest BCUT2D eigenvalue weighted by molar-refractivity contribution is 0.617. The van der Waals surface area contributed by atoms with Crippen molar-refractivity contribution in [2.45, 2.75) is 38.1 Å². The van der Waals surface area contributed by atoms with Crippen LogP contribution in [0.25, 0.3) is 11.0 Å². The molecule has 1 fully saturated rings. The van der Waals surface area contributed by atoms with E-state index >= 15 is 0 Å². The first-order valence-corrected chi connectivity index (χ1v) is 9.74. The van der Waals surface area contributed by atoms with Crippen molar-refractivity contribution in [3.63, 3.8) is 0 Å². The average molecular weight is 392 g/mol. The summed E-state index contributed by atoms with van der Waals surface area (Å²) in [6, 6.07) is 7.93. The van der Waals surface area contributed by atoms with Crippen LogP contribution >= 0.6 is 0 Å². The van der Waals surface area contributed by atoms with Crippen molar-refractivity contribution in [3.8, 4) is 0 Å². The lowest BCUT2D eigenvalue weighted by Gasteiger charge is -2.18. The Morgan fingerprint density at radius 3 is 2.97 bits per heavy atom. The SMILES string of the molecule is CC[C@H](Nc1ncc(F)c(Nc2cc(C3CC3)[nH]n2)n1)c1ccc2nc[nH]c2c1. The fourth-order valence-electron chi connectivity index (χ4n) is 3.40. The van der Waals surface area contributed by atoms with Crippen LogP contribution in [0.5, 0.6) is 0 Å². The standard InChI is InChI=1S/C20H21FN8/c1-2-14(12-5-6-15-17(7-12)24-10-23-15)25-20-22-9-13(21)19(27-20)26-18-8-16(28-29-18)11-3-4-11/h5-11,14H,2-4H2,1H3,(H,23,24)(H3,22,25,26,27,28,29)/t14-/m0/s1. The van der Waals surface area contributed by atoms with Crippen LogP contribution in [0.15, 0.2) is 36.8 Å². The maximum atomic E-state index is 14.2. The highest BCUT2D eigenvalue weighted by Gasteiger charge is 2.25. The minimum atomic E-state index is -0.529. The van der Waals surface area contributed by atoms with E-state index in [4.69, 9.17) is 0 Å². The third-order valence-corrected chi connectivity index (χ3v) is 5.16. The molecular weight excluding hydrogens is 371 g/mol. The van der Waals surface area contributed by atoms with Gasteiger partial charge in [0, 0.05) is 17.7 Å². The summed E-state index contributed by atoms with van der Waals surface area (Å²) in [5, 5.41) is 13.4. The van der Waals surface area contributed by atoms with Gasteiger partial charge in [0.25, 0.3) is 0 Å². The minimum absolute atomic E-state index is 0.0205. The molecule has 3 heterocycles. The van der Waals surface area contributed by atoms with Crippen molar-refractivity contribution in [2.75, 3.05) is 10.6 Å². The van der Waals surface area contributed by atoms with Gasteiger partial charge in [-0.15, -0.1) is 0 Å². The number of hydrogen-bond acceptors (Lipinski definition) is 6. The zero-order valence-corrected chi connectivity index (χ0v) is 15.9. The fraction of sp³-hybridized carbons (Fsp3) is 0.300. The summed E-state index contributed by atoms with van der Waals surface area (Å²) in [6.07, 6.45) is 5.98. The Morgan fingerprint density at radius 2 is 2.14 bits per heavy atom. The van der Waals surface area contributed by atoms with Gasteiger partial charge in [-0.1, -0.05) is 13.0 Å². The molecule has 1 aliphatic carbocycles. The number of nitrogens with one attached hydrogen (secondary N) is 4. The summed E-state index contributed by atoms with van der Waals surface area (Å²) in [7, 11) is 0. The highest BCUT2D eigenvalue weighted by atomic mass is 19.1. The third kappa shape index (κ3) is 3.63. The molecule has 1 aromatic carbocycles. The molecular formula is C20H21FN8. The fourth-order valence-corrected chi connectivity index (χ4v) is 3.40. The number of halogens is 1. The second-order valence-corrected chi connectivity index (χ2v) is 7.28. The molecule has 9 heteroatoms. The number of fused-ring (bicyclic) bond motifs is 1. The quantitative estimate of drug-likeness (QED) is 0.371. The molecule has 29 heavy (non-hydrogen) atoms. The molecule has 3 aromatic heterocycles. The van der Waals surface area contributed by atoms with Crippen LogP contribution in [0.3, 0.4) is 0 Å². The highest BCUT2D eigenvalue weighted by Crippen LogP contribution is 2.39. The van der Waals surface area contributed by atoms with E-state index in [1.807, 2.05) is 18.2 Å². The predicted molar refractivity (Wildman–Crippen MR) is 109 cm³/mol. The van der Waals surface area contributed by atoms with Gasteiger partial charge in [0.15, 0.2) is 17.5 Å². The van der Waals surface area contributed by atoms with Gasteiger partial charge in [-0.25, -0.2) is 14.4 Å². The number of aromatic nitrogens is 6. The largest absolute Gasteiger partial charge is 0.347 e. The monoisotopic (exact) mass is 392 g/mol. The van der Waals surface area contributed by atoms with Gasteiger partial charge >= 0.3 is 0 Å². The van der Waals surface area contributed by atoms with Gasteiger partial charge in [-0.2, -0.15) is 10.1 Å². The second kappa shape index (κ2) is 7.16. The number of hydrogen-bond donors (Lipinski definition) is 4. The third-order valence-electron chi connectivity index (χ3n) is 5.16. The summed E-state index contributed by atoms with van der Waals surface area (Å²) < 4.78 is 14.2. The van der Waals surface area contributed by atoms with Gasteiger partial charge in [0.1, 0.15) is 0 Å². The molecule has 4 N–H and O–H groups in total. The number of rotatable bonds is 7. The van der Waals surface area contributed by atoms with Gasteiger partial charge in [-0.3, -0.25) is 5.10 Å². The molecule has 0 unspecified atom stereocenters. The van der Waals surface area contributed by atoms with Crippen LogP contribution in [0.2, 0.25) is 0 Å². The van der Waals surface area contributed by atoms with Crippen molar-refractivity contribution in [2.24, 2.45) is 0 Å². The van der Waals surface area contributed by atoms with E-state index in [1.54, 1.807) is 6.33 Å². The van der Waals surface area contributed by atoms with E-state index in [0.29, 0.717) is 17.7 Å². The van der Waals surface area contributed by atoms with Crippen molar-refractivity contribution >= 4 is 28.6 Å². The number of anilines is 3. The average Bonchev–Trinajstić information content (AvgIpc) is 3.29. The van der Waals surface area contributed by atoms with E-state index in [-0.39, 0.29) is 11.9 Å². The summed E-state index contributed by atoms with van der Waals surface area (Å²) in [6.45, 7) is 2.07. The smallest absolute Gasteiger partial charge is 0.225 e. The first kappa shape index (κ1) is 17.6. The Morgan fingerprint density at radius 1 is 1.24 bits per heavy atom. The molecule has 0 saturated heterocycles. The minimum Gasteiger partial charge on any atom is -0.347 e. The van der Waals surface area contributed by atoms with Crippen LogP contribution < -0.4 is 10.6 Å². The maximum absolute atomic E-state index is 14.2. The van der Waals surface area contributed by atoms with Crippen molar-refractivity contribution in [1.82, 2.24) is 30.1 Å². The molecule has 148 valence electrons. The number of nitrogens with zero attached hydrogens (tertiary/aromatic N) is 4.